The monoisotopic (exact) mass is 342 g/mol. The molecule has 0 amide bonds. The lowest BCUT2D eigenvalue weighted by Crippen LogP contribution is -2.00. The van der Waals surface area contributed by atoms with Crippen LogP contribution in [0.4, 0.5) is 0 Å². The van der Waals surface area contributed by atoms with Crippen LogP contribution >= 0.6 is 0 Å². The molecule has 3 aromatic rings. The lowest BCUT2D eigenvalue weighted by Gasteiger charge is -2.17. The van der Waals surface area contributed by atoms with Crippen LogP contribution in [0, 0.1) is 6.92 Å². The first-order valence-corrected chi connectivity index (χ1v) is 8.99. The Balaban J connectivity index is 2.04. The molecule has 130 valence electrons. The minimum absolute atomic E-state index is 0.251. The Bertz CT molecular complexity index is 1110. The smallest absolute Gasteiger partial charge is 0.115 e. The Kier molecular flexibility index (Phi) is 4.04. The molecule has 0 heterocycles. The van der Waals surface area contributed by atoms with Crippen LogP contribution < -0.4 is 0 Å². The number of aliphatic hydroxyl groups is 2. The van der Waals surface area contributed by atoms with E-state index in [-0.39, 0.29) is 5.76 Å². The summed E-state index contributed by atoms with van der Waals surface area (Å²) in [5.74, 6) is 0.704. The van der Waals surface area contributed by atoms with Gasteiger partial charge in [0.15, 0.2) is 0 Å². The fourth-order valence-electron chi connectivity index (χ4n) is 3.87. The fraction of sp³-hybridized carbons (Fsp3) is 0.167. The van der Waals surface area contributed by atoms with E-state index in [1.165, 1.54) is 10.9 Å². The molecule has 2 nitrogen and oxygen atoms in total. The van der Waals surface area contributed by atoms with Crippen LogP contribution in [0.25, 0.3) is 33.7 Å². The highest BCUT2D eigenvalue weighted by atomic mass is 16.3. The van der Waals surface area contributed by atoms with E-state index in [0.717, 1.165) is 39.3 Å². The molecule has 3 aromatic carbocycles. The van der Waals surface area contributed by atoms with E-state index in [2.05, 4.69) is 43.3 Å². The molecule has 1 aliphatic carbocycles. The predicted octanol–water partition coefficient (Wildman–Crippen LogP) is 6.62. The standard InChI is InChI=1S/C24H22O2/c1-3-4-17(25)13-23-15(2)5-9-19-20-10-7-16-6-8-18(26)14-24(16)22(20)12-11-21(19)23/h3-5,7,9-14,25-26H,6,8H2,1-2H3/b4-3+,17-13+. The van der Waals surface area contributed by atoms with Crippen LogP contribution in [0.2, 0.25) is 0 Å². The van der Waals surface area contributed by atoms with Crippen molar-refractivity contribution < 1.29 is 10.2 Å². The minimum atomic E-state index is 0.251. The van der Waals surface area contributed by atoms with E-state index >= 15 is 0 Å². The second-order valence-corrected chi connectivity index (χ2v) is 6.90. The maximum atomic E-state index is 10.1. The molecule has 0 fully saturated rings. The van der Waals surface area contributed by atoms with E-state index in [9.17, 15) is 10.2 Å². The molecule has 0 unspecified atom stereocenters. The first kappa shape index (κ1) is 16.5. The summed E-state index contributed by atoms with van der Waals surface area (Å²) in [5.41, 5.74) is 4.58. The van der Waals surface area contributed by atoms with Gasteiger partial charge in [-0.25, -0.2) is 0 Å². The van der Waals surface area contributed by atoms with Crippen molar-refractivity contribution in [1.82, 2.24) is 0 Å². The van der Waals surface area contributed by atoms with Gasteiger partial charge in [-0.1, -0.05) is 42.5 Å². The third kappa shape index (κ3) is 2.68. The molecule has 0 saturated heterocycles. The second kappa shape index (κ2) is 6.38. The number of fused-ring (bicyclic) bond motifs is 5. The molecular weight excluding hydrogens is 320 g/mol. The highest BCUT2D eigenvalue weighted by molar-refractivity contribution is 6.12. The van der Waals surface area contributed by atoms with Crippen LogP contribution in [0.5, 0.6) is 0 Å². The van der Waals surface area contributed by atoms with Crippen molar-refractivity contribution in [3.05, 3.63) is 82.3 Å². The van der Waals surface area contributed by atoms with Crippen molar-refractivity contribution in [3.63, 3.8) is 0 Å². The zero-order valence-electron chi connectivity index (χ0n) is 15.1. The van der Waals surface area contributed by atoms with Gasteiger partial charge >= 0.3 is 0 Å². The average Bonchev–Trinajstić information content (AvgIpc) is 2.63. The third-order valence-corrected chi connectivity index (χ3v) is 5.18. The molecule has 0 spiro atoms. The van der Waals surface area contributed by atoms with Gasteiger partial charge in [-0.05, 0) is 82.3 Å². The number of allylic oxidation sites excluding steroid dienone is 3. The molecule has 2 N–H and O–H groups in total. The lowest BCUT2D eigenvalue weighted by molar-refractivity contribution is 0.391. The molecule has 26 heavy (non-hydrogen) atoms. The summed E-state index contributed by atoms with van der Waals surface area (Å²) in [4.78, 5) is 0. The first-order chi connectivity index (χ1) is 12.6. The van der Waals surface area contributed by atoms with E-state index in [4.69, 9.17) is 0 Å². The maximum Gasteiger partial charge on any atom is 0.115 e. The summed E-state index contributed by atoms with van der Waals surface area (Å²) in [7, 11) is 0. The SMILES string of the molecule is C/C=C/C(O)=C\c1c(C)ccc2c1ccc1c3c(ccc12)CCC(O)=C3. The Hall–Kier alpha value is -3.00. The number of aliphatic hydroxyl groups excluding tert-OH is 2. The molecule has 0 atom stereocenters. The van der Waals surface area contributed by atoms with Gasteiger partial charge in [0.05, 0.1) is 5.76 Å². The van der Waals surface area contributed by atoms with Crippen molar-refractivity contribution in [2.24, 2.45) is 0 Å². The molecule has 0 aromatic heterocycles. The molecule has 1 aliphatic rings. The molecule has 2 heteroatoms. The Morgan fingerprint density at radius 2 is 1.62 bits per heavy atom. The zero-order valence-corrected chi connectivity index (χ0v) is 15.1. The third-order valence-electron chi connectivity index (χ3n) is 5.18. The molecule has 0 aliphatic heterocycles. The van der Waals surface area contributed by atoms with Crippen molar-refractivity contribution >= 4 is 33.7 Å². The fourth-order valence-corrected chi connectivity index (χ4v) is 3.87. The molecule has 0 bridgehead atoms. The Labute approximate surface area is 153 Å². The lowest BCUT2D eigenvalue weighted by atomic mass is 9.88. The average molecular weight is 342 g/mol. The number of hydrogen-bond acceptors (Lipinski definition) is 2. The normalized spacial score (nSPS) is 14.8. The van der Waals surface area contributed by atoms with Crippen LogP contribution in [-0.2, 0) is 6.42 Å². The van der Waals surface area contributed by atoms with Crippen LogP contribution in [0.1, 0.15) is 35.6 Å². The van der Waals surface area contributed by atoms with Crippen molar-refractivity contribution in [1.29, 1.82) is 0 Å². The number of hydrogen-bond donors (Lipinski definition) is 2. The summed E-state index contributed by atoms with van der Waals surface area (Å²) in [5, 5.41) is 24.7. The van der Waals surface area contributed by atoms with E-state index in [0.29, 0.717) is 12.2 Å². The van der Waals surface area contributed by atoms with Gasteiger partial charge in [0, 0.05) is 6.42 Å². The van der Waals surface area contributed by atoms with Crippen LogP contribution in [0.15, 0.2) is 60.1 Å². The van der Waals surface area contributed by atoms with Crippen LogP contribution in [-0.4, -0.2) is 10.2 Å². The summed E-state index contributed by atoms with van der Waals surface area (Å²) in [6, 6.07) is 12.9. The molecular formula is C24H22O2. The number of aryl methyl sites for hydroxylation is 2. The van der Waals surface area contributed by atoms with Gasteiger partial charge < -0.3 is 10.2 Å². The van der Waals surface area contributed by atoms with Gasteiger partial charge in [0.25, 0.3) is 0 Å². The minimum Gasteiger partial charge on any atom is -0.512 e. The van der Waals surface area contributed by atoms with E-state index in [1.807, 2.05) is 25.2 Å². The van der Waals surface area contributed by atoms with Crippen molar-refractivity contribution in [2.75, 3.05) is 0 Å². The summed E-state index contributed by atoms with van der Waals surface area (Å²) >= 11 is 0. The van der Waals surface area contributed by atoms with E-state index < -0.39 is 0 Å². The predicted molar refractivity (Wildman–Crippen MR) is 111 cm³/mol. The number of benzene rings is 3. The summed E-state index contributed by atoms with van der Waals surface area (Å²) in [6.45, 7) is 3.95. The Morgan fingerprint density at radius 3 is 2.42 bits per heavy atom. The van der Waals surface area contributed by atoms with Crippen LogP contribution in [0.3, 0.4) is 0 Å². The summed E-state index contributed by atoms with van der Waals surface area (Å²) < 4.78 is 0. The van der Waals surface area contributed by atoms with Gasteiger partial charge in [0.2, 0.25) is 0 Å². The topological polar surface area (TPSA) is 40.5 Å². The maximum absolute atomic E-state index is 10.1. The van der Waals surface area contributed by atoms with E-state index in [1.54, 1.807) is 6.08 Å². The largest absolute Gasteiger partial charge is 0.512 e. The van der Waals surface area contributed by atoms with Gasteiger partial charge in [-0.2, -0.15) is 0 Å². The highest BCUT2D eigenvalue weighted by Crippen LogP contribution is 2.36. The van der Waals surface area contributed by atoms with Crippen molar-refractivity contribution in [3.8, 4) is 0 Å². The summed E-state index contributed by atoms with van der Waals surface area (Å²) in [6.07, 6.45) is 8.85. The second-order valence-electron chi connectivity index (χ2n) is 6.90. The van der Waals surface area contributed by atoms with Gasteiger partial charge in [0.1, 0.15) is 5.76 Å². The van der Waals surface area contributed by atoms with Crippen molar-refractivity contribution in [2.45, 2.75) is 26.7 Å². The molecule has 0 saturated carbocycles. The van der Waals surface area contributed by atoms with Gasteiger partial charge in [-0.15, -0.1) is 0 Å². The number of rotatable bonds is 2. The quantitative estimate of drug-likeness (QED) is 0.312. The highest BCUT2D eigenvalue weighted by Gasteiger charge is 2.14. The first-order valence-electron chi connectivity index (χ1n) is 8.99. The van der Waals surface area contributed by atoms with Gasteiger partial charge in [-0.3, -0.25) is 0 Å². The molecule has 4 rings (SSSR count). The zero-order chi connectivity index (χ0) is 18.3. The molecule has 0 radical (unpaired) electrons. The Morgan fingerprint density at radius 1 is 0.923 bits per heavy atom.